The first-order valence-corrected chi connectivity index (χ1v) is 6.83. The van der Waals surface area contributed by atoms with Gasteiger partial charge in [-0.2, -0.15) is 0 Å². The predicted octanol–water partition coefficient (Wildman–Crippen LogP) is -10.7. The Labute approximate surface area is 213 Å². The van der Waals surface area contributed by atoms with Crippen molar-refractivity contribution in [1.82, 2.24) is 0 Å². The molecule has 0 bridgehead atoms. The average Bonchev–Trinajstić information content (AvgIpc) is 2.64. The quantitative estimate of drug-likeness (QED) is 0.103. The zero-order valence-corrected chi connectivity index (χ0v) is 20.9. The second-order valence-electron chi connectivity index (χ2n) is 4.68. The van der Waals surface area contributed by atoms with E-state index in [1.807, 2.05) is 0 Å². The predicted molar refractivity (Wildman–Crippen MR) is 79.2 cm³/mol. The van der Waals surface area contributed by atoms with Gasteiger partial charge in [0, 0.05) is 22.4 Å². The summed E-state index contributed by atoms with van der Waals surface area (Å²) in [4.78, 5) is 58.5. The number of hydrogen-bond acceptors (Lipinski definition) is 13. The van der Waals surface area contributed by atoms with Crippen LogP contribution >= 0.6 is 0 Å². The van der Waals surface area contributed by atoms with Gasteiger partial charge >= 0.3 is 59.4 Å². The maximum atomic E-state index is 9.77. The fraction of sp³-hybridized carbons (Fsp3) is 0.500. The van der Waals surface area contributed by atoms with Gasteiger partial charge in [-0.05, 0) is 0 Å². The standard InChI is InChI=1S/3C4H6O6.Na.Ta/c3*5-1(3(7)8)2(6)4(9)10;;/h3*1-2,5-6H,(H,7,8)(H,9,10);;/q;;;+1;/p-1. The molecule has 18 nitrogen and oxygen atoms in total. The van der Waals surface area contributed by atoms with Gasteiger partial charge in [0.2, 0.25) is 0 Å². The number of aliphatic hydroxyl groups excluding tert-OH is 6. The Balaban J connectivity index is -0.000000110. The summed E-state index contributed by atoms with van der Waals surface area (Å²) in [7, 11) is 0. The number of rotatable bonds is 9. The summed E-state index contributed by atoms with van der Waals surface area (Å²) >= 11 is 0. The molecule has 0 saturated heterocycles. The summed E-state index contributed by atoms with van der Waals surface area (Å²) in [6, 6.07) is 0. The van der Waals surface area contributed by atoms with E-state index in [0.717, 1.165) is 0 Å². The molecule has 32 heavy (non-hydrogen) atoms. The van der Waals surface area contributed by atoms with Gasteiger partial charge in [-0.3, -0.25) is 0 Å². The smallest absolute Gasteiger partial charge is 0.547 e. The van der Waals surface area contributed by atoms with Crippen LogP contribution in [0.2, 0.25) is 0 Å². The minimum atomic E-state index is -2.38. The van der Waals surface area contributed by atoms with Crippen LogP contribution in [-0.2, 0) is 51.1 Å². The van der Waals surface area contributed by atoms with Crippen molar-refractivity contribution in [3.05, 3.63) is 0 Å². The van der Waals surface area contributed by atoms with Crippen molar-refractivity contribution >= 4 is 35.8 Å². The van der Waals surface area contributed by atoms with Gasteiger partial charge < -0.3 is 66.1 Å². The van der Waals surface area contributed by atoms with E-state index in [4.69, 9.17) is 56.2 Å². The zero-order valence-electron chi connectivity index (χ0n) is 15.7. The molecule has 0 spiro atoms. The molecule has 0 aromatic rings. The number of aliphatic carboxylic acids is 6. The molecule has 0 aromatic heterocycles. The molecule has 0 amide bonds. The third-order valence-electron chi connectivity index (χ3n) is 2.40. The molecule has 6 unspecified atom stereocenters. The van der Waals surface area contributed by atoms with E-state index >= 15 is 0 Å². The van der Waals surface area contributed by atoms with Crippen LogP contribution in [-0.4, -0.2) is 129 Å². The topological polar surface area (TPSA) is 348 Å². The Hall–Kier alpha value is -1.68. The molecule has 0 fully saturated rings. The third-order valence-corrected chi connectivity index (χ3v) is 2.40. The van der Waals surface area contributed by atoms with Crippen LogP contribution in [0.4, 0.5) is 0 Å². The summed E-state index contributed by atoms with van der Waals surface area (Å²) in [5.74, 6) is -10.9. The van der Waals surface area contributed by atoms with E-state index in [0.29, 0.717) is 0 Å². The summed E-state index contributed by atoms with van der Waals surface area (Å²) in [6.45, 7) is 0. The molecule has 0 heterocycles. The second-order valence-corrected chi connectivity index (χ2v) is 4.68. The normalized spacial score (nSPS) is 14.8. The first-order chi connectivity index (χ1) is 13.4. The fourth-order valence-corrected chi connectivity index (χ4v) is 0.804. The molecular weight excluding hydrogens is 636 g/mol. The maximum absolute atomic E-state index is 9.77. The summed E-state index contributed by atoms with van der Waals surface area (Å²) in [6.07, 6.45) is -13.8. The summed E-state index contributed by atoms with van der Waals surface area (Å²) < 4.78 is 0. The van der Waals surface area contributed by atoms with Crippen molar-refractivity contribution in [2.24, 2.45) is 0 Å². The molecule has 179 valence electrons. The van der Waals surface area contributed by atoms with Crippen molar-refractivity contribution in [2.75, 3.05) is 0 Å². The van der Waals surface area contributed by atoms with Crippen molar-refractivity contribution in [3.8, 4) is 0 Å². The first kappa shape index (κ1) is 40.7. The second kappa shape index (κ2) is 20.0. The minimum Gasteiger partial charge on any atom is -0.547 e. The maximum Gasteiger partial charge on any atom is 1.00 e. The number of carbonyl (C=O) groups excluding carboxylic acids is 1. The van der Waals surface area contributed by atoms with Gasteiger partial charge in [0.05, 0.1) is 5.97 Å². The third kappa shape index (κ3) is 17.9. The van der Waals surface area contributed by atoms with Crippen LogP contribution in [0, 0.1) is 0 Å². The largest absolute Gasteiger partial charge is 1.00 e. The molecule has 0 aliphatic rings. The van der Waals surface area contributed by atoms with Gasteiger partial charge in [0.15, 0.2) is 30.5 Å². The summed E-state index contributed by atoms with van der Waals surface area (Å²) in [5, 5.41) is 99.2. The Morgan fingerprint density at radius 3 is 0.625 bits per heavy atom. The van der Waals surface area contributed by atoms with E-state index in [-0.39, 0.29) is 51.9 Å². The molecule has 0 rings (SSSR count). The van der Waals surface area contributed by atoms with Crippen molar-refractivity contribution in [1.29, 1.82) is 0 Å². The van der Waals surface area contributed by atoms with Gasteiger partial charge in [-0.25, -0.2) is 24.0 Å². The molecule has 0 aromatic carbocycles. The van der Waals surface area contributed by atoms with E-state index in [1.54, 1.807) is 0 Å². The van der Waals surface area contributed by atoms with Crippen LogP contribution in [0.25, 0.3) is 0 Å². The Morgan fingerprint density at radius 2 is 0.562 bits per heavy atom. The molecule has 0 aliphatic heterocycles. The number of carboxylic acid groups (broad SMARTS) is 6. The minimum absolute atomic E-state index is 0. The van der Waals surface area contributed by atoms with E-state index in [1.165, 1.54) is 0 Å². The van der Waals surface area contributed by atoms with Gasteiger partial charge in [0.1, 0.15) is 6.10 Å². The number of carboxylic acids is 6. The van der Waals surface area contributed by atoms with Gasteiger partial charge in [-0.15, -0.1) is 0 Å². The SMILES string of the molecule is O=C(O)C(O)C(O)C(=O)O.O=C(O)C(O)C(O)C(=O)O.O=C([O-])C(O)C(O)C(=O)O.[Na+].[Ta]. The molecule has 0 saturated carbocycles. The first-order valence-electron chi connectivity index (χ1n) is 6.83. The Bertz CT molecular complexity index is 500. The molecule has 6 atom stereocenters. The average molecular weight is 653 g/mol. The van der Waals surface area contributed by atoms with Crippen molar-refractivity contribution < 1.29 is 142 Å². The van der Waals surface area contributed by atoms with E-state index in [2.05, 4.69) is 0 Å². The van der Waals surface area contributed by atoms with Gasteiger partial charge in [0.25, 0.3) is 0 Å². The Kier molecular flexibility index (Phi) is 25.4. The van der Waals surface area contributed by atoms with Crippen molar-refractivity contribution in [3.63, 3.8) is 0 Å². The van der Waals surface area contributed by atoms with Crippen LogP contribution in [0.5, 0.6) is 0 Å². The summed E-state index contributed by atoms with van der Waals surface area (Å²) in [5.41, 5.74) is 0. The monoisotopic (exact) mass is 653 g/mol. The Morgan fingerprint density at radius 1 is 0.438 bits per heavy atom. The number of aliphatic hydroxyl groups is 6. The molecule has 20 heteroatoms. The number of hydrogen-bond donors (Lipinski definition) is 11. The van der Waals surface area contributed by atoms with Crippen LogP contribution in [0.15, 0.2) is 0 Å². The molecule has 0 aliphatic carbocycles. The van der Waals surface area contributed by atoms with Gasteiger partial charge in [-0.1, -0.05) is 0 Å². The molecule has 1 radical (unpaired) electrons. The van der Waals surface area contributed by atoms with Crippen molar-refractivity contribution in [2.45, 2.75) is 36.6 Å². The van der Waals surface area contributed by atoms with Crippen LogP contribution in [0.3, 0.4) is 0 Å². The van der Waals surface area contributed by atoms with Crippen LogP contribution < -0.4 is 34.7 Å². The van der Waals surface area contributed by atoms with Crippen LogP contribution in [0.1, 0.15) is 0 Å². The van der Waals surface area contributed by atoms with E-state index in [9.17, 15) is 33.9 Å². The van der Waals surface area contributed by atoms with E-state index < -0.39 is 72.4 Å². The fourth-order valence-electron chi connectivity index (χ4n) is 0.804. The zero-order chi connectivity index (χ0) is 24.9. The number of carbonyl (C=O) groups is 6. The molecule has 11 N–H and O–H groups in total. The molecular formula is C12H17NaO18Ta.